The first-order valence-electron chi connectivity index (χ1n) is 7.45. The van der Waals surface area contributed by atoms with Gasteiger partial charge in [-0.1, -0.05) is 11.8 Å². The number of hydrogen-bond donors (Lipinski definition) is 1. The zero-order valence-electron chi connectivity index (χ0n) is 13.7. The summed E-state index contributed by atoms with van der Waals surface area (Å²) < 4.78 is 1.56. The predicted molar refractivity (Wildman–Crippen MR) is 94.6 cm³/mol. The van der Waals surface area contributed by atoms with Gasteiger partial charge in [0.1, 0.15) is 0 Å². The zero-order valence-corrected chi connectivity index (χ0v) is 14.5. The van der Waals surface area contributed by atoms with Crippen LogP contribution >= 0.6 is 11.8 Å². The third-order valence-electron chi connectivity index (χ3n) is 3.25. The van der Waals surface area contributed by atoms with Crippen LogP contribution in [0, 0.1) is 0 Å². The second-order valence-electron chi connectivity index (χ2n) is 5.37. The highest BCUT2D eigenvalue weighted by atomic mass is 32.2. The first-order chi connectivity index (χ1) is 12.0. The number of fused-ring (bicyclic) bond motifs is 1. The zero-order chi connectivity index (χ0) is 17.8. The smallest absolute Gasteiger partial charge is 0.253 e. The van der Waals surface area contributed by atoms with Crippen LogP contribution in [0.1, 0.15) is 10.4 Å². The van der Waals surface area contributed by atoms with Crippen molar-refractivity contribution < 1.29 is 9.59 Å². The molecule has 9 heteroatoms. The van der Waals surface area contributed by atoms with E-state index in [2.05, 4.69) is 20.4 Å². The molecule has 25 heavy (non-hydrogen) atoms. The van der Waals surface area contributed by atoms with Crippen molar-refractivity contribution >= 4 is 35.0 Å². The second kappa shape index (κ2) is 7.31. The van der Waals surface area contributed by atoms with Crippen LogP contribution in [-0.2, 0) is 4.79 Å². The fourth-order valence-corrected chi connectivity index (χ4v) is 2.68. The Morgan fingerprint density at radius 2 is 2.00 bits per heavy atom. The number of carbonyl (C=O) groups excluding carboxylic acids is 2. The Morgan fingerprint density at radius 3 is 2.68 bits per heavy atom. The molecule has 2 aromatic heterocycles. The van der Waals surface area contributed by atoms with Crippen molar-refractivity contribution in [3.05, 3.63) is 48.3 Å². The van der Waals surface area contributed by atoms with Gasteiger partial charge in [0.2, 0.25) is 11.1 Å². The molecule has 2 heterocycles. The fourth-order valence-electron chi connectivity index (χ4n) is 2.06. The molecule has 0 aliphatic rings. The van der Waals surface area contributed by atoms with E-state index in [0.717, 1.165) is 0 Å². The minimum absolute atomic E-state index is 0.0834. The SMILES string of the molecule is CN(C)C(=O)c1ccc(NC(=O)CSc2nc3ncccn3n2)cc1. The minimum Gasteiger partial charge on any atom is -0.345 e. The van der Waals surface area contributed by atoms with Crippen LogP contribution in [-0.4, -0.2) is 56.1 Å². The van der Waals surface area contributed by atoms with Crippen LogP contribution in [0.5, 0.6) is 0 Å². The summed E-state index contributed by atoms with van der Waals surface area (Å²) >= 11 is 1.23. The number of hydrogen-bond acceptors (Lipinski definition) is 6. The molecular weight excluding hydrogens is 340 g/mol. The van der Waals surface area contributed by atoms with Gasteiger partial charge in [-0.3, -0.25) is 9.59 Å². The molecule has 0 aliphatic carbocycles. The Hall–Kier alpha value is -2.94. The molecular formula is C16H16N6O2S. The summed E-state index contributed by atoms with van der Waals surface area (Å²) in [6.07, 6.45) is 3.38. The topological polar surface area (TPSA) is 92.5 Å². The lowest BCUT2D eigenvalue weighted by Crippen LogP contribution is -2.21. The molecule has 1 N–H and O–H groups in total. The summed E-state index contributed by atoms with van der Waals surface area (Å²) in [7, 11) is 3.39. The van der Waals surface area contributed by atoms with E-state index >= 15 is 0 Å². The highest BCUT2D eigenvalue weighted by Gasteiger charge is 2.10. The molecule has 0 radical (unpaired) electrons. The van der Waals surface area contributed by atoms with Crippen molar-refractivity contribution in [3.63, 3.8) is 0 Å². The Bertz CT molecular complexity index is 873. The molecule has 2 amide bonds. The summed E-state index contributed by atoms with van der Waals surface area (Å²) in [4.78, 5) is 33.7. The predicted octanol–water partition coefficient (Wildman–Crippen LogP) is 1.56. The molecule has 0 fully saturated rings. The van der Waals surface area contributed by atoms with Gasteiger partial charge >= 0.3 is 0 Å². The summed E-state index contributed by atoms with van der Waals surface area (Å²) in [5, 5.41) is 7.49. The van der Waals surface area contributed by atoms with Crippen molar-refractivity contribution in [2.45, 2.75) is 5.16 Å². The Morgan fingerprint density at radius 1 is 1.24 bits per heavy atom. The molecule has 3 aromatic rings. The maximum absolute atomic E-state index is 12.0. The molecule has 8 nitrogen and oxygen atoms in total. The quantitative estimate of drug-likeness (QED) is 0.698. The maximum Gasteiger partial charge on any atom is 0.253 e. The summed E-state index contributed by atoms with van der Waals surface area (Å²) in [5.41, 5.74) is 1.20. The number of thioether (sulfide) groups is 1. The van der Waals surface area contributed by atoms with Gasteiger partial charge in [0.25, 0.3) is 11.7 Å². The average Bonchev–Trinajstić information content (AvgIpc) is 3.03. The van der Waals surface area contributed by atoms with Gasteiger partial charge in [0.15, 0.2) is 0 Å². The molecule has 0 unspecified atom stereocenters. The first-order valence-corrected chi connectivity index (χ1v) is 8.43. The highest BCUT2D eigenvalue weighted by Crippen LogP contribution is 2.15. The van der Waals surface area contributed by atoms with Crippen molar-refractivity contribution in [1.82, 2.24) is 24.5 Å². The second-order valence-corrected chi connectivity index (χ2v) is 6.31. The van der Waals surface area contributed by atoms with Crippen molar-refractivity contribution in [3.8, 4) is 0 Å². The van der Waals surface area contributed by atoms with Crippen LogP contribution in [0.15, 0.2) is 47.9 Å². The van der Waals surface area contributed by atoms with Gasteiger partial charge in [-0.15, -0.1) is 5.10 Å². The number of rotatable bonds is 5. The third-order valence-corrected chi connectivity index (χ3v) is 4.09. The Labute approximate surface area is 148 Å². The molecule has 3 rings (SSSR count). The van der Waals surface area contributed by atoms with Gasteiger partial charge in [-0.25, -0.2) is 9.50 Å². The van der Waals surface area contributed by atoms with E-state index in [0.29, 0.717) is 22.2 Å². The normalized spacial score (nSPS) is 10.6. The van der Waals surface area contributed by atoms with Crippen LogP contribution in [0.4, 0.5) is 5.69 Å². The number of nitrogens with one attached hydrogen (secondary N) is 1. The molecule has 0 aliphatic heterocycles. The first kappa shape index (κ1) is 16.9. The van der Waals surface area contributed by atoms with E-state index in [9.17, 15) is 9.59 Å². The standard InChI is InChI=1S/C16H16N6O2S/c1-21(2)14(24)11-4-6-12(7-5-11)18-13(23)10-25-16-19-15-17-8-3-9-22(15)20-16/h3-9H,10H2,1-2H3,(H,18,23). The van der Waals surface area contributed by atoms with Crippen LogP contribution in [0.3, 0.4) is 0 Å². The summed E-state index contributed by atoms with van der Waals surface area (Å²) in [5.74, 6) is 0.407. The minimum atomic E-state index is -0.177. The maximum atomic E-state index is 12.0. The van der Waals surface area contributed by atoms with E-state index in [4.69, 9.17) is 0 Å². The van der Waals surface area contributed by atoms with E-state index < -0.39 is 0 Å². The number of anilines is 1. The van der Waals surface area contributed by atoms with Crippen LogP contribution in [0.2, 0.25) is 0 Å². The fraction of sp³-hybridized carbons (Fsp3) is 0.188. The Kier molecular flexibility index (Phi) is 4.94. The number of benzene rings is 1. The molecule has 0 atom stereocenters. The molecule has 0 bridgehead atoms. The van der Waals surface area contributed by atoms with E-state index in [1.807, 2.05) is 0 Å². The lowest BCUT2D eigenvalue weighted by atomic mass is 10.2. The molecule has 0 saturated carbocycles. The molecule has 1 aromatic carbocycles. The average molecular weight is 356 g/mol. The highest BCUT2D eigenvalue weighted by molar-refractivity contribution is 7.99. The van der Waals surface area contributed by atoms with Crippen molar-refractivity contribution in [2.24, 2.45) is 0 Å². The van der Waals surface area contributed by atoms with Gasteiger partial charge < -0.3 is 10.2 Å². The summed E-state index contributed by atoms with van der Waals surface area (Å²) in [6.45, 7) is 0. The van der Waals surface area contributed by atoms with Gasteiger partial charge in [0, 0.05) is 37.7 Å². The molecule has 128 valence electrons. The molecule has 0 spiro atoms. The summed E-state index contributed by atoms with van der Waals surface area (Å²) in [6, 6.07) is 8.52. The van der Waals surface area contributed by atoms with Gasteiger partial charge in [-0.05, 0) is 30.3 Å². The van der Waals surface area contributed by atoms with Crippen LogP contribution in [0.25, 0.3) is 5.78 Å². The monoisotopic (exact) mass is 356 g/mol. The lowest BCUT2D eigenvalue weighted by molar-refractivity contribution is -0.113. The number of nitrogens with zero attached hydrogens (tertiary/aromatic N) is 5. The van der Waals surface area contributed by atoms with Crippen molar-refractivity contribution in [2.75, 3.05) is 25.2 Å². The van der Waals surface area contributed by atoms with E-state index in [1.54, 1.807) is 61.3 Å². The van der Waals surface area contributed by atoms with E-state index in [1.165, 1.54) is 16.7 Å². The third kappa shape index (κ3) is 4.13. The largest absolute Gasteiger partial charge is 0.345 e. The molecule has 0 saturated heterocycles. The Balaban J connectivity index is 1.56. The van der Waals surface area contributed by atoms with Crippen LogP contribution < -0.4 is 5.32 Å². The lowest BCUT2D eigenvalue weighted by Gasteiger charge is -2.10. The number of carbonyl (C=O) groups is 2. The number of aromatic nitrogens is 4. The van der Waals surface area contributed by atoms with Crippen molar-refractivity contribution in [1.29, 1.82) is 0 Å². The van der Waals surface area contributed by atoms with Gasteiger partial charge in [0.05, 0.1) is 5.75 Å². The van der Waals surface area contributed by atoms with E-state index in [-0.39, 0.29) is 17.6 Å². The number of amides is 2. The van der Waals surface area contributed by atoms with Gasteiger partial charge in [-0.2, -0.15) is 4.98 Å².